The van der Waals surface area contributed by atoms with E-state index in [0.717, 1.165) is 11.3 Å². The molecular weight excluding hydrogens is 408 g/mol. The normalized spacial score (nSPS) is 11.3. The van der Waals surface area contributed by atoms with Crippen molar-refractivity contribution in [1.29, 1.82) is 0 Å². The van der Waals surface area contributed by atoms with Crippen molar-refractivity contribution in [3.05, 3.63) is 82.4 Å². The van der Waals surface area contributed by atoms with Crippen LogP contribution < -0.4 is 5.56 Å². The van der Waals surface area contributed by atoms with Crippen LogP contribution in [0.25, 0.3) is 16.3 Å². The Morgan fingerprint density at radius 2 is 2.17 bits per heavy atom. The van der Waals surface area contributed by atoms with Crippen molar-refractivity contribution in [1.82, 2.24) is 29.1 Å². The number of rotatable bonds is 6. The van der Waals surface area contributed by atoms with Gasteiger partial charge in [0.15, 0.2) is 15.9 Å². The molecule has 0 unspecified atom stereocenters. The Morgan fingerprint density at radius 3 is 3.00 bits per heavy atom. The number of thioether (sulfide) groups is 1. The van der Waals surface area contributed by atoms with Crippen molar-refractivity contribution in [3.8, 4) is 11.4 Å². The third kappa shape index (κ3) is 3.59. The van der Waals surface area contributed by atoms with Crippen molar-refractivity contribution in [2.45, 2.75) is 17.5 Å². The van der Waals surface area contributed by atoms with Gasteiger partial charge in [-0.1, -0.05) is 11.8 Å². The van der Waals surface area contributed by atoms with Crippen LogP contribution in [-0.2, 0) is 12.3 Å². The van der Waals surface area contributed by atoms with Crippen LogP contribution in [0.3, 0.4) is 0 Å². The first-order valence-corrected chi connectivity index (χ1v) is 10.6. The molecule has 0 aliphatic heterocycles. The maximum absolute atomic E-state index is 12.2. The van der Waals surface area contributed by atoms with Crippen molar-refractivity contribution >= 4 is 28.1 Å². The molecule has 0 amide bonds. The van der Waals surface area contributed by atoms with E-state index in [1.165, 1.54) is 23.1 Å². The lowest BCUT2D eigenvalue weighted by molar-refractivity contribution is 0.485. The molecule has 0 N–H and O–H groups in total. The van der Waals surface area contributed by atoms with E-state index in [0.29, 0.717) is 33.9 Å². The fraction of sp³-hybridized carbons (Fsp3) is 0.105. The van der Waals surface area contributed by atoms with E-state index in [2.05, 4.69) is 20.2 Å². The van der Waals surface area contributed by atoms with Crippen molar-refractivity contribution in [2.24, 2.45) is 0 Å². The second-order valence-corrected chi connectivity index (χ2v) is 7.96. The average molecular weight is 422 g/mol. The van der Waals surface area contributed by atoms with E-state index in [1.807, 2.05) is 34.2 Å². The van der Waals surface area contributed by atoms with Crippen LogP contribution in [0, 0.1) is 0 Å². The van der Waals surface area contributed by atoms with E-state index >= 15 is 0 Å². The van der Waals surface area contributed by atoms with Crippen molar-refractivity contribution < 1.29 is 4.42 Å². The summed E-state index contributed by atoms with van der Waals surface area (Å²) in [6.45, 7) is 0.493. The third-order valence-electron chi connectivity index (χ3n) is 4.24. The number of aromatic nitrogens is 6. The van der Waals surface area contributed by atoms with Gasteiger partial charge in [0.25, 0.3) is 5.56 Å². The quantitative estimate of drug-likeness (QED) is 0.388. The number of pyridine rings is 1. The maximum atomic E-state index is 12.2. The largest absolute Gasteiger partial charge is 0.467 e. The molecule has 0 spiro atoms. The minimum atomic E-state index is -0.0834. The zero-order chi connectivity index (χ0) is 19.6. The van der Waals surface area contributed by atoms with Crippen molar-refractivity contribution in [2.75, 3.05) is 0 Å². The molecule has 0 fully saturated rings. The minimum absolute atomic E-state index is 0.0834. The van der Waals surface area contributed by atoms with Crippen LogP contribution in [0.15, 0.2) is 74.9 Å². The number of furan rings is 1. The van der Waals surface area contributed by atoms with Gasteiger partial charge in [0.05, 0.1) is 18.5 Å². The van der Waals surface area contributed by atoms with E-state index in [4.69, 9.17) is 4.42 Å². The highest BCUT2D eigenvalue weighted by molar-refractivity contribution is 7.98. The van der Waals surface area contributed by atoms with Gasteiger partial charge < -0.3 is 4.42 Å². The standard InChI is InChI=1S/C19H14N6O2S2/c26-16-9-14(21-18-24(16)6-8-28-18)12-29-19-23-22-17(13-3-1-5-20-10-13)25(19)11-15-4-2-7-27-15/h1-10H,11-12H2. The van der Waals surface area contributed by atoms with Crippen LogP contribution in [0.2, 0.25) is 0 Å². The predicted molar refractivity (Wildman–Crippen MR) is 110 cm³/mol. The summed E-state index contributed by atoms with van der Waals surface area (Å²) in [6.07, 6.45) is 6.85. The second-order valence-electron chi connectivity index (χ2n) is 6.14. The summed E-state index contributed by atoms with van der Waals surface area (Å²) in [5, 5.41) is 11.3. The zero-order valence-electron chi connectivity index (χ0n) is 15.0. The second kappa shape index (κ2) is 7.64. The van der Waals surface area contributed by atoms with Gasteiger partial charge in [-0.3, -0.25) is 18.7 Å². The highest BCUT2D eigenvalue weighted by atomic mass is 32.2. The molecule has 0 radical (unpaired) electrons. The monoisotopic (exact) mass is 422 g/mol. The van der Waals surface area contributed by atoms with Gasteiger partial charge in [-0.05, 0) is 24.3 Å². The number of nitrogens with zero attached hydrogens (tertiary/aromatic N) is 6. The molecular formula is C19H14N6O2S2. The van der Waals surface area contributed by atoms with Gasteiger partial charge >= 0.3 is 0 Å². The Balaban J connectivity index is 1.47. The maximum Gasteiger partial charge on any atom is 0.258 e. The summed E-state index contributed by atoms with van der Waals surface area (Å²) in [5.41, 5.74) is 1.49. The highest BCUT2D eigenvalue weighted by Gasteiger charge is 2.16. The Kier molecular flexibility index (Phi) is 4.70. The Morgan fingerprint density at radius 1 is 1.21 bits per heavy atom. The van der Waals surface area contributed by atoms with E-state index in [-0.39, 0.29) is 5.56 Å². The fourth-order valence-corrected chi connectivity index (χ4v) is 4.47. The van der Waals surface area contributed by atoms with Crippen LogP contribution in [-0.4, -0.2) is 29.1 Å². The van der Waals surface area contributed by atoms with Crippen LogP contribution >= 0.6 is 23.1 Å². The van der Waals surface area contributed by atoms with Gasteiger partial charge in [0.2, 0.25) is 0 Å². The predicted octanol–water partition coefficient (Wildman–Crippen LogP) is 3.34. The molecule has 5 rings (SSSR count). The number of hydrogen-bond donors (Lipinski definition) is 0. The molecule has 8 nitrogen and oxygen atoms in total. The smallest absolute Gasteiger partial charge is 0.258 e. The molecule has 29 heavy (non-hydrogen) atoms. The van der Waals surface area contributed by atoms with Crippen molar-refractivity contribution in [3.63, 3.8) is 0 Å². The summed E-state index contributed by atoms with van der Waals surface area (Å²) < 4.78 is 9.04. The molecule has 0 bridgehead atoms. The highest BCUT2D eigenvalue weighted by Crippen LogP contribution is 2.27. The van der Waals surface area contributed by atoms with Crippen LogP contribution in [0.4, 0.5) is 0 Å². The first-order chi connectivity index (χ1) is 14.3. The summed E-state index contributed by atoms with van der Waals surface area (Å²) in [4.78, 5) is 21.6. The van der Waals surface area contributed by atoms with E-state index < -0.39 is 0 Å². The molecule has 0 aromatic carbocycles. The first-order valence-electron chi connectivity index (χ1n) is 8.72. The van der Waals surface area contributed by atoms with Crippen LogP contribution in [0.1, 0.15) is 11.5 Å². The molecule has 0 aliphatic rings. The lowest BCUT2D eigenvalue weighted by Gasteiger charge is -2.08. The zero-order valence-corrected chi connectivity index (χ0v) is 16.6. The Bertz CT molecular complexity index is 1310. The summed E-state index contributed by atoms with van der Waals surface area (Å²) in [6, 6.07) is 9.12. The lowest BCUT2D eigenvalue weighted by Crippen LogP contribution is -2.12. The minimum Gasteiger partial charge on any atom is -0.467 e. The summed E-state index contributed by atoms with van der Waals surface area (Å²) in [5.74, 6) is 2.01. The van der Waals surface area contributed by atoms with E-state index in [1.54, 1.807) is 35.3 Å². The lowest BCUT2D eigenvalue weighted by atomic mass is 10.2. The molecule has 0 aliphatic carbocycles. The van der Waals surface area contributed by atoms with Gasteiger partial charge in [0.1, 0.15) is 5.76 Å². The van der Waals surface area contributed by atoms with Crippen LogP contribution in [0.5, 0.6) is 0 Å². The van der Waals surface area contributed by atoms with Gasteiger partial charge in [0, 0.05) is 41.4 Å². The third-order valence-corrected chi connectivity index (χ3v) is 5.99. The van der Waals surface area contributed by atoms with E-state index in [9.17, 15) is 4.79 Å². The molecule has 144 valence electrons. The molecule has 0 saturated carbocycles. The molecule has 5 aromatic heterocycles. The molecule has 10 heteroatoms. The summed E-state index contributed by atoms with van der Waals surface area (Å²) in [7, 11) is 0. The number of fused-ring (bicyclic) bond motifs is 1. The average Bonchev–Trinajstić information content (AvgIpc) is 3.49. The first kappa shape index (κ1) is 17.8. The fourth-order valence-electron chi connectivity index (χ4n) is 2.91. The number of hydrogen-bond acceptors (Lipinski definition) is 8. The van der Waals surface area contributed by atoms with Gasteiger partial charge in [-0.25, -0.2) is 4.98 Å². The molecule has 5 heterocycles. The summed E-state index contributed by atoms with van der Waals surface area (Å²) >= 11 is 2.91. The SMILES string of the molecule is O=c1cc(CSc2nnc(-c3cccnc3)n2Cc2ccco2)nc2sccn12. The van der Waals surface area contributed by atoms with Gasteiger partial charge in [-0.15, -0.1) is 21.5 Å². The molecule has 0 saturated heterocycles. The molecule has 0 atom stereocenters. The Hall–Kier alpha value is -3.24. The Labute approximate surface area is 172 Å². The van der Waals surface area contributed by atoms with Gasteiger partial charge in [-0.2, -0.15) is 0 Å². The topological polar surface area (TPSA) is 91.1 Å². The number of thiazole rings is 1. The molecule has 5 aromatic rings.